The topological polar surface area (TPSA) is 99.9 Å². The number of hydrogen-bond donors (Lipinski definition) is 2. The molecule has 0 spiro atoms. The Balaban J connectivity index is 1.62. The van der Waals surface area contributed by atoms with Crippen LogP contribution in [0.25, 0.3) is 0 Å². The molecule has 0 bridgehead atoms. The summed E-state index contributed by atoms with van der Waals surface area (Å²) in [6.45, 7) is 0.384. The van der Waals surface area contributed by atoms with E-state index in [0.29, 0.717) is 18.7 Å². The summed E-state index contributed by atoms with van der Waals surface area (Å²) in [4.78, 5) is 23.6. The summed E-state index contributed by atoms with van der Waals surface area (Å²) in [5.41, 5.74) is 7.30. The first-order valence-electron chi connectivity index (χ1n) is 9.78. The summed E-state index contributed by atoms with van der Waals surface area (Å²) < 4.78 is 16.3. The third-order valence-corrected chi connectivity index (χ3v) is 4.72. The van der Waals surface area contributed by atoms with Gasteiger partial charge in [-0.2, -0.15) is 0 Å². The van der Waals surface area contributed by atoms with Crippen molar-refractivity contribution < 1.29 is 23.8 Å². The molecule has 7 nitrogen and oxygen atoms in total. The summed E-state index contributed by atoms with van der Waals surface area (Å²) >= 11 is 6.21. The van der Waals surface area contributed by atoms with Crippen LogP contribution in [0.15, 0.2) is 66.7 Å². The van der Waals surface area contributed by atoms with Gasteiger partial charge in [-0.15, -0.1) is 0 Å². The molecule has 3 N–H and O–H groups in total. The Morgan fingerprint density at radius 2 is 1.72 bits per heavy atom. The monoisotopic (exact) mass is 454 g/mol. The van der Waals surface area contributed by atoms with Gasteiger partial charge >= 0.3 is 0 Å². The van der Waals surface area contributed by atoms with Gasteiger partial charge in [-0.05, 0) is 35.4 Å². The number of primary amides is 1. The number of ether oxygens (including phenoxy) is 3. The van der Waals surface area contributed by atoms with Gasteiger partial charge in [-0.3, -0.25) is 9.59 Å². The normalized spacial score (nSPS) is 10.3. The molecule has 0 unspecified atom stereocenters. The third kappa shape index (κ3) is 6.39. The van der Waals surface area contributed by atoms with Gasteiger partial charge in [0.15, 0.2) is 18.1 Å². The summed E-state index contributed by atoms with van der Waals surface area (Å²) in [5.74, 6) is 0.179. The van der Waals surface area contributed by atoms with Gasteiger partial charge < -0.3 is 25.3 Å². The van der Waals surface area contributed by atoms with Crippen LogP contribution in [-0.2, 0) is 17.9 Å². The van der Waals surface area contributed by atoms with E-state index in [-0.39, 0.29) is 29.0 Å². The summed E-state index contributed by atoms with van der Waals surface area (Å²) in [6, 6.07) is 20.2. The minimum atomic E-state index is -0.652. The molecule has 3 aromatic rings. The number of hydrogen-bond acceptors (Lipinski definition) is 5. The lowest BCUT2D eigenvalue weighted by Gasteiger charge is -2.13. The summed E-state index contributed by atoms with van der Waals surface area (Å²) in [6.07, 6.45) is 0. The van der Waals surface area contributed by atoms with Crippen molar-refractivity contribution in [2.45, 2.75) is 13.2 Å². The molecule has 0 saturated carbocycles. The van der Waals surface area contributed by atoms with Crippen molar-refractivity contribution in [3.63, 3.8) is 0 Å². The van der Waals surface area contributed by atoms with Crippen LogP contribution in [-0.4, -0.2) is 25.5 Å². The van der Waals surface area contributed by atoms with Gasteiger partial charge in [0.25, 0.3) is 11.8 Å². The van der Waals surface area contributed by atoms with E-state index in [1.54, 1.807) is 0 Å². The molecule has 2 amide bonds. The van der Waals surface area contributed by atoms with Crippen molar-refractivity contribution in [1.29, 1.82) is 0 Å². The van der Waals surface area contributed by atoms with E-state index in [9.17, 15) is 9.59 Å². The van der Waals surface area contributed by atoms with E-state index >= 15 is 0 Å². The van der Waals surface area contributed by atoms with Gasteiger partial charge in [0.2, 0.25) is 0 Å². The van der Waals surface area contributed by atoms with Crippen molar-refractivity contribution in [3.8, 4) is 17.2 Å². The molecule has 0 atom stereocenters. The first-order chi connectivity index (χ1) is 15.5. The molecule has 0 fully saturated rings. The molecule has 0 radical (unpaired) electrons. The molecule has 3 rings (SSSR count). The second-order valence-corrected chi connectivity index (χ2v) is 7.26. The van der Waals surface area contributed by atoms with Crippen LogP contribution in [0.3, 0.4) is 0 Å². The molecule has 0 heterocycles. The van der Waals surface area contributed by atoms with E-state index < -0.39 is 5.91 Å². The number of nitrogens with one attached hydrogen (secondary N) is 1. The number of amides is 2. The predicted molar refractivity (Wildman–Crippen MR) is 121 cm³/mol. The number of halogens is 1. The molecule has 0 aromatic heterocycles. The van der Waals surface area contributed by atoms with Crippen LogP contribution in [0, 0.1) is 0 Å². The van der Waals surface area contributed by atoms with Crippen molar-refractivity contribution >= 4 is 23.4 Å². The molecule has 0 aliphatic carbocycles. The molecular weight excluding hydrogens is 432 g/mol. The Bertz CT molecular complexity index is 1090. The second-order valence-electron chi connectivity index (χ2n) is 6.85. The van der Waals surface area contributed by atoms with Gasteiger partial charge in [-0.25, -0.2) is 0 Å². The third-order valence-electron chi connectivity index (χ3n) is 4.44. The van der Waals surface area contributed by atoms with Crippen LogP contribution in [0.2, 0.25) is 5.02 Å². The number of para-hydroxylation sites is 1. The zero-order chi connectivity index (χ0) is 22.9. The predicted octanol–water partition coefficient (Wildman–Crippen LogP) is 3.72. The Kier molecular flexibility index (Phi) is 7.94. The van der Waals surface area contributed by atoms with Crippen LogP contribution in [0.4, 0.5) is 0 Å². The number of carbonyl (C=O) groups excluding carboxylic acids is 2. The number of benzene rings is 3. The minimum absolute atomic E-state index is 0.135. The van der Waals surface area contributed by atoms with Crippen molar-refractivity contribution in [1.82, 2.24) is 5.32 Å². The average molecular weight is 455 g/mol. The Morgan fingerprint density at radius 1 is 0.969 bits per heavy atom. The fourth-order valence-electron chi connectivity index (χ4n) is 2.93. The summed E-state index contributed by atoms with van der Waals surface area (Å²) in [7, 11) is 1.41. The first kappa shape index (κ1) is 23.0. The molecule has 0 aliphatic rings. The quantitative estimate of drug-likeness (QED) is 0.486. The SMILES string of the molecule is COc1cc(C(=O)NCc2cccc(COc3ccccc3)c2)cc(Cl)c1OCC(N)=O. The van der Waals surface area contributed by atoms with E-state index in [4.69, 9.17) is 31.5 Å². The average Bonchev–Trinajstić information content (AvgIpc) is 2.80. The van der Waals surface area contributed by atoms with E-state index in [1.807, 2.05) is 54.6 Å². The zero-order valence-corrected chi connectivity index (χ0v) is 18.2. The van der Waals surface area contributed by atoms with Crippen LogP contribution < -0.4 is 25.3 Å². The zero-order valence-electron chi connectivity index (χ0n) is 17.5. The fraction of sp³-hybridized carbons (Fsp3) is 0.167. The smallest absolute Gasteiger partial charge is 0.255 e. The van der Waals surface area contributed by atoms with Gasteiger partial charge in [0.05, 0.1) is 12.1 Å². The number of rotatable bonds is 10. The molecule has 0 aliphatic heterocycles. The van der Waals surface area contributed by atoms with E-state index in [1.165, 1.54) is 19.2 Å². The highest BCUT2D eigenvalue weighted by Gasteiger charge is 2.16. The van der Waals surface area contributed by atoms with Crippen molar-refractivity contribution in [3.05, 3.63) is 88.4 Å². The molecule has 32 heavy (non-hydrogen) atoms. The molecule has 166 valence electrons. The largest absolute Gasteiger partial charge is 0.493 e. The molecule has 0 saturated heterocycles. The Morgan fingerprint density at radius 3 is 2.44 bits per heavy atom. The highest BCUT2D eigenvalue weighted by Crippen LogP contribution is 2.36. The maximum atomic E-state index is 12.6. The van der Waals surface area contributed by atoms with Gasteiger partial charge in [-0.1, -0.05) is 54.1 Å². The number of methoxy groups -OCH3 is 1. The minimum Gasteiger partial charge on any atom is -0.493 e. The number of nitrogens with two attached hydrogens (primary N) is 1. The Labute approximate surface area is 191 Å². The Hall–Kier alpha value is -3.71. The highest BCUT2D eigenvalue weighted by molar-refractivity contribution is 6.32. The molecule has 8 heteroatoms. The maximum absolute atomic E-state index is 12.6. The molecule has 3 aromatic carbocycles. The standard InChI is InChI=1S/C24H23ClN2O5/c1-30-21-12-18(11-20(25)23(21)32-15-22(26)28)24(29)27-13-16-6-5-7-17(10-16)14-31-19-8-3-2-4-9-19/h2-12H,13-15H2,1H3,(H2,26,28)(H,27,29). The van der Waals surface area contributed by atoms with Crippen LogP contribution >= 0.6 is 11.6 Å². The first-order valence-corrected chi connectivity index (χ1v) is 10.2. The van der Waals surface area contributed by atoms with Crippen molar-refractivity contribution in [2.75, 3.05) is 13.7 Å². The van der Waals surface area contributed by atoms with Crippen molar-refractivity contribution in [2.24, 2.45) is 5.73 Å². The lowest BCUT2D eigenvalue weighted by atomic mass is 10.1. The fourth-order valence-corrected chi connectivity index (χ4v) is 3.20. The van der Waals surface area contributed by atoms with Crippen LogP contribution in [0.1, 0.15) is 21.5 Å². The van der Waals surface area contributed by atoms with Crippen LogP contribution in [0.5, 0.6) is 17.2 Å². The number of carbonyl (C=O) groups is 2. The highest BCUT2D eigenvalue weighted by atomic mass is 35.5. The maximum Gasteiger partial charge on any atom is 0.255 e. The summed E-state index contributed by atoms with van der Waals surface area (Å²) in [5, 5.41) is 2.99. The van der Waals surface area contributed by atoms with Gasteiger partial charge in [0.1, 0.15) is 12.4 Å². The van der Waals surface area contributed by atoms with Gasteiger partial charge in [0, 0.05) is 12.1 Å². The second kappa shape index (κ2) is 11.1. The molecular formula is C24H23ClN2O5. The lowest BCUT2D eigenvalue weighted by molar-refractivity contribution is -0.119. The van der Waals surface area contributed by atoms with E-state index in [2.05, 4.69) is 5.32 Å². The lowest BCUT2D eigenvalue weighted by Crippen LogP contribution is -2.23. The van der Waals surface area contributed by atoms with E-state index in [0.717, 1.165) is 16.9 Å².